The van der Waals surface area contributed by atoms with E-state index < -0.39 is 0 Å². The molecule has 0 saturated carbocycles. The van der Waals surface area contributed by atoms with Crippen LogP contribution in [0.3, 0.4) is 0 Å². The van der Waals surface area contributed by atoms with Crippen LogP contribution < -0.4 is 5.32 Å². The Kier molecular flexibility index (Phi) is 5.71. The number of nitrogens with zero attached hydrogens (tertiary/aromatic N) is 3. The van der Waals surface area contributed by atoms with Gasteiger partial charge in [0.25, 0.3) is 5.91 Å². The van der Waals surface area contributed by atoms with Crippen LogP contribution in [0.5, 0.6) is 0 Å². The highest BCUT2D eigenvalue weighted by atomic mass is 16.3. The molecule has 0 spiro atoms. The zero-order chi connectivity index (χ0) is 19.4. The Balaban J connectivity index is 1.74. The van der Waals surface area contributed by atoms with E-state index in [0.29, 0.717) is 17.8 Å². The molecular weight excluding hydrogens is 342 g/mol. The van der Waals surface area contributed by atoms with E-state index in [9.17, 15) is 9.90 Å². The lowest BCUT2D eigenvalue weighted by molar-refractivity contribution is 0.0911. The number of aromatic nitrogens is 4. The van der Waals surface area contributed by atoms with Crippen molar-refractivity contribution >= 4 is 5.91 Å². The van der Waals surface area contributed by atoms with Crippen LogP contribution in [0, 0.1) is 13.8 Å². The van der Waals surface area contributed by atoms with E-state index in [-0.39, 0.29) is 18.6 Å². The van der Waals surface area contributed by atoms with Crippen LogP contribution in [0.25, 0.3) is 11.3 Å². The third-order valence-electron chi connectivity index (χ3n) is 4.64. The molecule has 0 fully saturated rings. The number of carbonyl (C=O) groups is 1. The Morgan fingerprint density at radius 2 is 2.04 bits per heavy atom. The van der Waals surface area contributed by atoms with E-state index >= 15 is 0 Å². The lowest BCUT2D eigenvalue weighted by Crippen LogP contribution is -2.39. The van der Waals surface area contributed by atoms with Gasteiger partial charge in [-0.2, -0.15) is 10.2 Å². The van der Waals surface area contributed by atoms with Gasteiger partial charge < -0.3 is 10.4 Å². The SMILES string of the molecule is CCn1nc(C)c(-c2cc(C(=O)N[C@H](CO)Cc3ccccc3)[nH]n2)c1C. The van der Waals surface area contributed by atoms with Crippen LogP contribution in [-0.2, 0) is 13.0 Å². The van der Waals surface area contributed by atoms with Gasteiger partial charge in [0.1, 0.15) is 5.69 Å². The zero-order valence-electron chi connectivity index (χ0n) is 15.9. The molecule has 0 saturated heterocycles. The van der Waals surface area contributed by atoms with Crippen molar-refractivity contribution in [3.63, 3.8) is 0 Å². The summed E-state index contributed by atoms with van der Waals surface area (Å²) in [6.07, 6.45) is 0.561. The van der Waals surface area contributed by atoms with Crippen molar-refractivity contribution in [1.82, 2.24) is 25.3 Å². The number of hydrogen-bond donors (Lipinski definition) is 3. The lowest BCUT2D eigenvalue weighted by Gasteiger charge is -2.15. The van der Waals surface area contributed by atoms with Crippen molar-refractivity contribution in [3.05, 3.63) is 59.0 Å². The number of benzene rings is 1. The Morgan fingerprint density at radius 3 is 2.67 bits per heavy atom. The maximum atomic E-state index is 12.6. The molecule has 0 aliphatic heterocycles. The highest BCUT2D eigenvalue weighted by Gasteiger charge is 2.19. The summed E-state index contributed by atoms with van der Waals surface area (Å²) in [6, 6.07) is 11.1. The Morgan fingerprint density at radius 1 is 1.30 bits per heavy atom. The standard InChI is InChI=1S/C20H25N5O2/c1-4-25-14(3)19(13(2)24-25)17-11-18(23-22-17)20(27)21-16(12-26)10-15-8-6-5-7-9-15/h5-9,11,16,26H,4,10,12H2,1-3H3,(H,21,27)(H,22,23)/t16-/m0/s1. The number of aromatic amines is 1. The molecule has 3 aromatic rings. The zero-order valence-corrected chi connectivity index (χ0v) is 15.9. The number of nitrogens with one attached hydrogen (secondary N) is 2. The van der Waals surface area contributed by atoms with E-state index in [1.54, 1.807) is 6.07 Å². The van der Waals surface area contributed by atoms with Gasteiger partial charge in [-0.15, -0.1) is 0 Å². The predicted molar refractivity (Wildman–Crippen MR) is 103 cm³/mol. The second-order valence-corrected chi connectivity index (χ2v) is 6.57. The van der Waals surface area contributed by atoms with Crippen molar-refractivity contribution in [2.24, 2.45) is 0 Å². The first-order valence-corrected chi connectivity index (χ1v) is 9.08. The second-order valence-electron chi connectivity index (χ2n) is 6.57. The summed E-state index contributed by atoms with van der Waals surface area (Å²) >= 11 is 0. The molecule has 3 rings (SSSR count). The molecule has 7 nitrogen and oxygen atoms in total. The molecule has 3 N–H and O–H groups in total. The molecule has 1 aromatic carbocycles. The van der Waals surface area contributed by atoms with Gasteiger partial charge in [-0.05, 0) is 38.8 Å². The monoisotopic (exact) mass is 367 g/mol. The van der Waals surface area contributed by atoms with Gasteiger partial charge in [0.2, 0.25) is 0 Å². The Hall–Kier alpha value is -2.93. The number of aryl methyl sites for hydroxylation is 2. The average molecular weight is 367 g/mol. The summed E-state index contributed by atoms with van der Waals surface area (Å²) in [5.41, 5.74) is 4.95. The fourth-order valence-corrected chi connectivity index (χ4v) is 3.26. The Bertz CT molecular complexity index is 914. The first-order valence-electron chi connectivity index (χ1n) is 9.08. The molecule has 2 heterocycles. The highest BCUT2D eigenvalue weighted by molar-refractivity contribution is 5.93. The molecule has 0 radical (unpaired) electrons. The van der Waals surface area contributed by atoms with Crippen molar-refractivity contribution in [1.29, 1.82) is 0 Å². The van der Waals surface area contributed by atoms with Gasteiger partial charge in [0.05, 0.1) is 24.0 Å². The molecule has 0 bridgehead atoms. The summed E-state index contributed by atoms with van der Waals surface area (Å²) in [5, 5.41) is 24.1. The molecule has 142 valence electrons. The van der Waals surface area contributed by atoms with Crippen LogP contribution in [0.1, 0.15) is 34.4 Å². The topological polar surface area (TPSA) is 95.8 Å². The van der Waals surface area contributed by atoms with E-state index in [2.05, 4.69) is 20.6 Å². The van der Waals surface area contributed by atoms with E-state index in [0.717, 1.165) is 29.1 Å². The van der Waals surface area contributed by atoms with Gasteiger partial charge in [-0.3, -0.25) is 14.6 Å². The number of carbonyl (C=O) groups excluding carboxylic acids is 1. The van der Waals surface area contributed by atoms with Crippen LogP contribution >= 0.6 is 0 Å². The van der Waals surface area contributed by atoms with Crippen LogP contribution in [0.2, 0.25) is 0 Å². The maximum Gasteiger partial charge on any atom is 0.269 e. The first kappa shape index (κ1) is 18.8. The fraction of sp³-hybridized carbons (Fsp3) is 0.350. The molecule has 0 unspecified atom stereocenters. The van der Waals surface area contributed by atoms with Crippen molar-refractivity contribution in [3.8, 4) is 11.3 Å². The smallest absolute Gasteiger partial charge is 0.269 e. The van der Waals surface area contributed by atoms with Crippen molar-refractivity contribution in [2.75, 3.05) is 6.61 Å². The average Bonchev–Trinajstić information content (AvgIpc) is 3.26. The summed E-state index contributed by atoms with van der Waals surface area (Å²) < 4.78 is 1.92. The molecular formula is C20H25N5O2. The highest BCUT2D eigenvalue weighted by Crippen LogP contribution is 2.25. The van der Waals surface area contributed by atoms with Crippen molar-refractivity contribution < 1.29 is 9.90 Å². The predicted octanol–water partition coefficient (Wildman–Crippen LogP) is 2.24. The largest absolute Gasteiger partial charge is 0.394 e. The quantitative estimate of drug-likeness (QED) is 0.597. The molecule has 0 aliphatic rings. The maximum absolute atomic E-state index is 12.6. The van der Waals surface area contributed by atoms with Crippen LogP contribution in [-0.4, -0.2) is 43.6 Å². The first-order chi connectivity index (χ1) is 13.0. The molecule has 0 aliphatic carbocycles. The fourth-order valence-electron chi connectivity index (χ4n) is 3.26. The third-order valence-corrected chi connectivity index (χ3v) is 4.64. The van der Waals surface area contributed by atoms with E-state index in [1.807, 2.05) is 55.8 Å². The minimum Gasteiger partial charge on any atom is -0.394 e. The normalized spacial score (nSPS) is 12.1. The summed E-state index contributed by atoms with van der Waals surface area (Å²) in [7, 11) is 0. The number of H-pyrrole nitrogens is 1. The second kappa shape index (κ2) is 8.18. The Labute approximate surface area is 158 Å². The van der Waals surface area contributed by atoms with Gasteiger partial charge in [0.15, 0.2) is 0 Å². The molecule has 1 amide bonds. The number of amides is 1. The molecule has 7 heteroatoms. The number of hydrogen-bond acceptors (Lipinski definition) is 4. The van der Waals surface area contributed by atoms with Crippen LogP contribution in [0.15, 0.2) is 36.4 Å². The summed E-state index contributed by atoms with van der Waals surface area (Å²) in [4.78, 5) is 12.6. The lowest BCUT2D eigenvalue weighted by atomic mass is 10.1. The molecule has 1 atom stereocenters. The number of aliphatic hydroxyl groups excluding tert-OH is 1. The number of aliphatic hydroxyl groups is 1. The third kappa shape index (κ3) is 4.09. The van der Waals surface area contributed by atoms with Crippen LogP contribution in [0.4, 0.5) is 0 Å². The number of rotatable bonds is 7. The molecule has 27 heavy (non-hydrogen) atoms. The molecule has 2 aromatic heterocycles. The van der Waals surface area contributed by atoms with Gasteiger partial charge in [0, 0.05) is 17.8 Å². The van der Waals surface area contributed by atoms with Gasteiger partial charge >= 0.3 is 0 Å². The van der Waals surface area contributed by atoms with Gasteiger partial charge in [-0.1, -0.05) is 30.3 Å². The van der Waals surface area contributed by atoms with E-state index in [1.165, 1.54) is 0 Å². The summed E-state index contributed by atoms with van der Waals surface area (Å²) in [5.74, 6) is -0.290. The minimum absolute atomic E-state index is 0.136. The van der Waals surface area contributed by atoms with Gasteiger partial charge in [-0.25, -0.2) is 0 Å². The van der Waals surface area contributed by atoms with Crippen molar-refractivity contribution in [2.45, 2.75) is 39.8 Å². The summed E-state index contributed by atoms with van der Waals surface area (Å²) in [6.45, 7) is 6.61. The van der Waals surface area contributed by atoms with E-state index in [4.69, 9.17) is 0 Å². The minimum atomic E-state index is -0.363.